The number of benzene rings is 1. The lowest BCUT2D eigenvalue weighted by atomic mass is 9.93. The molecule has 4 heteroatoms. The van der Waals surface area contributed by atoms with Gasteiger partial charge in [-0.25, -0.2) is 4.39 Å². The summed E-state index contributed by atoms with van der Waals surface area (Å²) in [7, 11) is 0. The SMILES string of the molecule is CSC1CCC(NC(C)c2cc(F)ccc2O)CC1. The van der Waals surface area contributed by atoms with E-state index in [0.29, 0.717) is 11.6 Å². The van der Waals surface area contributed by atoms with E-state index >= 15 is 0 Å². The molecular weight excluding hydrogens is 261 g/mol. The van der Waals surface area contributed by atoms with E-state index in [1.807, 2.05) is 18.7 Å². The summed E-state index contributed by atoms with van der Waals surface area (Å²) in [6.45, 7) is 1.98. The van der Waals surface area contributed by atoms with Crippen LogP contribution >= 0.6 is 11.8 Å². The first kappa shape index (κ1) is 14.7. The molecule has 1 atom stereocenters. The highest BCUT2D eigenvalue weighted by atomic mass is 32.2. The predicted molar refractivity (Wildman–Crippen MR) is 79.2 cm³/mol. The summed E-state index contributed by atoms with van der Waals surface area (Å²) in [6.07, 6.45) is 6.96. The van der Waals surface area contributed by atoms with Gasteiger partial charge in [-0.2, -0.15) is 11.8 Å². The van der Waals surface area contributed by atoms with Crippen LogP contribution in [0.15, 0.2) is 18.2 Å². The maximum absolute atomic E-state index is 13.2. The standard InChI is InChI=1S/C15H22FNOS/c1-10(14-9-11(16)3-8-15(14)18)17-12-4-6-13(19-2)7-5-12/h3,8-10,12-13,17-18H,4-7H2,1-2H3. The number of halogens is 1. The van der Waals surface area contributed by atoms with Crippen LogP contribution in [-0.2, 0) is 0 Å². The molecule has 106 valence electrons. The molecule has 19 heavy (non-hydrogen) atoms. The van der Waals surface area contributed by atoms with E-state index in [9.17, 15) is 9.50 Å². The molecule has 1 saturated carbocycles. The highest BCUT2D eigenvalue weighted by Gasteiger charge is 2.22. The lowest BCUT2D eigenvalue weighted by Crippen LogP contribution is -2.35. The van der Waals surface area contributed by atoms with Gasteiger partial charge in [-0.3, -0.25) is 0 Å². The molecule has 1 unspecified atom stereocenters. The van der Waals surface area contributed by atoms with Crippen LogP contribution in [-0.4, -0.2) is 22.7 Å². The van der Waals surface area contributed by atoms with Crippen LogP contribution in [0.4, 0.5) is 4.39 Å². The van der Waals surface area contributed by atoms with Gasteiger partial charge in [-0.05, 0) is 57.1 Å². The van der Waals surface area contributed by atoms with Gasteiger partial charge >= 0.3 is 0 Å². The number of phenols is 1. The minimum absolute atomic E-state index is 0.0217. The molecule has 1 aromatic rings. The van der Waals surface area contributed by atoms with Crippen molar-refractivity contribution in [1.29, 1.82) is 0 Å². The molecule has 1 aliphatic carbocycles. The molecule has 0 saturated heterocycles. The second kappa shape index (κ2) is 6.62. The molecule has 0 aliphatic heterocycles. The first-order valence-electron chi connectivity index (χ1n) is 6.87. The molecule has 1 aromatic carbocycles. The fraction of sp³-hybridized carbons (Fsp3) is 0.600. The van der Waals surface area contributed by atoms with Gasteiger partial charge in [0.1, 0.15) is 11.6 Å². The van der Waals surface area contributed by atoms with Gasteiger partial charge < -0.3 is 10.4 Å². The summed E-state index contributed by atoms with van der Waals surface area (Å²) < 4.78 is 13.2. The van der Waals surface area contributed by atoms with Gasteiger partial charge in [0.15, 0.2) is 0 Å². The van der Waals surface area contributed by atoms with Crippen molar-refractivity contribution in [3.05, 3.63) is 29.6 Å². The highest BCUT2D eigenvalue weighted by Crippen LogP contribution is 2.30. The van der Waals surface area contributed by atoms with Crippen molar-refractivity contribution in [2.45, 2.75) is 49.9 Å². The largest absolute Gasteiger partial charge is 0.508 e. The third-order valence-electron chi connectivity index (χ3n) is 3.95. The average molecular weight is 283 g/mol. The Hall–Kier alpha value is -0.740. The van der Waals surface area contributed by atoms with Crippen molar-refractivity contribution < 1.29 is 9.50 Å². The first-order valence-corrected chi connectivity index (χ1v) is 8.16. The van der Waals surface area contributed by atoms with E-state index < -0.39 is 0 Å². The number of nitrogens with one attached hydrogen (secondary N) is 1. The van der Waals surface area contributed by atoms with Crippen LogP contribution < -0.4 is 5.32 Å². The van der Waals surface area contributed by atoms with Crippen molar-refractivity contribution in [2.75, 3.05) is 6.26 Å². The molecule has 0 bridgehead atoms. The average Bonchev–Trinajstić information content (AvgIpc) is 2.42. The van der Waals surface area contributed by atoms with Crippen LogP contribution in [0.3, 0.4) is 0 Å². The smallest absolute Gasteiger partial charge is 0.123 e. The van der Waals surface area contributed by atoms with E-state index in [1.165, 1.54) is 31.0 Å². The molecule has 0 spiro atoms. The molecular formula is C15H22FNOS. The van der Waals surface area contributed by atoms with E-state index in [4.69, 9.17) is 0 Å². The van der Waals surface area contributed by atoms with E-state index in [1.54, 1.807) is 0 Å². The first-order chi connectivity index (χ1) is 9.10. The second-order valence-electron chi connectivity index (χ2n) is 5.30. The number of phenolic OH excluding ortho intramolecular Hbond substituents is 1. The molecule has 0 heterocycles. The van der Waals surface area contributed by atoms with Gasteiger partial charge in [-0.15, -0.1) is 0 Å². The van der Waals surface area contributed by atoms with Crippen LogP contribution in [0.5, 0.6) is 5.75 Å². The number of thioether (sulfide) groups is 1. The number of aromatic hydroxyl groups is 1. The Morgan fingerprint density at radius 2 is 2.00 bits per heavy atom. The molecule has 1 fully saturated rings. The summed E-state index contributed by atoms with van der Waals surface area (Å²) in [6, 6.07) is 4.58. The lowest BCUT2D eigenvalue weighted by molar-refractivity contribution is 0.346. The summed E-state index contributed by atoms with van der Waals surface area (Å²) in [5.74, 6) is -0.133. The Bertz CT molecular complexity index is 419. The van der Waals surface area contributed by atoms with Crippen LogP contribution in [0.2, 0.25) is 0 Å². The van der Waals surface area contributed by atoms with Gasteiger partial charge in [0.05, 0.1) is 0 Å². The molecule has 2 rings (SSSR count). The minimum Gasteiger partial charge on any atom is -0.508 e. The van der Waals surface area contributed by atoms with Gasteiger partial charge in [-0.1, -0.05) is 0 Å². The van der Waals surface area contributed by atoms with Crippen LogP contribution in [0.25, 0.3) is 0 Å². The van der Waals surface area contributed by atoms with Gasteiger partial charge in [0.25, 0.3) is 0 Å². The summed E-state index contributed by atoms with van der Waals surface area (Å²) in [4.78, 5) is 0. The molecule has 2 nitrogen and oxygen atoms in total. The zero-order chi connectivity index (χ0) is 13.8. The maximum Gasteiger partial charge on any atom is 0.123 e. The Morgan fingerprint density at radius 3 is 2.63 bits per heavy atom. The topological polar surface area (TPSA) is 32.3 Å². The zero-order valence-electron chi connectivity index (χ0n) is 11.5. The van der Waals surface area contributed by atoms with Crippen molar-refractivity contribution in [3.63, 3.8) is 0 Å². The Morgan fingerprint density at radius 1 is 1.32 bits per heavy atom. The molecule has 0 amide bonds. The Labute approximate surface area is 118 Å². The molecule has 0 radical (unpaired) electrons. The predicted octanol–water partition coefficient (Wildman–Crippen LogP) is 3.86. The summed E-state index contributed by atoms with van der Waals surface area (Å²) in [5.41, 5.74) is 0.645. The number of rotatable bonds is 4. The number of hydrogen-bond donors (Lipinski definition) is 2. The quantitative estimate of drug-likeness (QED) is 0.880. The third-order valence-corrected chi connectivity index (χ3v) is 5.09. The zero-order valence-corrected chi connectivity index (χ0v) is 12.3. The third kappa shape index (κ3) is 3.86. The Balaban J connectivity index is 1.94. The molecule has 2 N–H and O–H groups in total. The minimum atomic E-state index is -0.299. The van der Waals surface area contributed by atoms with E-state index in [0.717, 1.165) is 18.1 Å². The number of hydrogen-bond acceptors (Lipinski definition) is 3. The monoisotopic (exact) mass is 283 g/mol. The highest BCUT2D eigenvalue weighted by molar-refractivity contribution is 7.99. The van der Waals surface area contributed by atoms with E-state index in [2.05, 4.69) is 11.6 Å². The molecule has 0 aromatic heterocycles. The maximum atomic E-state index is 13.2. The van der Waals surface area contributed by atoms with Crippen LogP contribution in [0.1, 0.15) is 44.2 Å². The summed E-state index contributed by atoms with van der Waals surface area (Å²) >= 11 is 1.95. The normalized spacial score (nSPS) is 25.2. The van der Waals surface area contributed by atoms with Crippen molar-refractivity contribution in [3.8, 4) is 5.75 Å². The van der Waals surface area contributed by atoms with Crippen molar-refractivity contribution in [2.24, 2.45) is 0 Å². The summed E-state index contributed by atoms with van der Waals surface area (Å²) in [5, 5.41) is 14.1. The lowest BCUT2D eigenvalue weighted by Gasteiger charge is -2.30. The van der Waals surface area contributed by atoms with Gasteiger partial charge in [0, 0.05) is 22.9 Å². The van der Waals surface area contributed by atoms with E-state index in [-0.39, 0.29) is 17.6 Å². The fourth-order valence-electron chi connectivity index (χ4n) is 2.78. The van der Waals surface area contributed by atoms with Crippen molar-refractivity contribution in [1.82, 2.24) is 5.32 Å². The second-order valence-corrected chi connectivity index (χ2v) is 6.44. The fourth-order valence-corrected chi connectivity index (χ4v) is 3.52. The Kier molecular flexibility index (Phi) is 5.11. The molecule has 1 aliphatic rings. The van der Waals surface area contributed by atoms with Crippen LogP contribution in [0, 0.1) is 5.82 Å². The van der Waals surface area contributed by atoms with Gasteiger partial charge in [0.2, 0.25) is 0 Å². The van der Waals surface area contributed by atoms with Crippen molar-refractivity contribution >= 4 is 11.8 Å².